The molecule has 0 unspecified atom stereocenters. The molecule has 138 valence electrons. The fraction of sp³-hybridized carbons (Fsp3) is 0.0556. The number of benzene rings is 2. The minimum absolute atomic E-state index is 0.236. The number of halogens is 2. The van der Waals surface area contributed by atoms with E-state index in [-0.39, 0.29) is 22.1 Å². The molecule has 9 heteroatoms. The molecule has 3 rings (SSSR count). The maximum Gasteiger partial charge on any atom is 0.271 e. The Hall–Kier alpha value is -3.03. The Labute approximate surface area is 165 Å². The van der Waals surface area contributed by atoms with Gasteiger partial charge in [0, 0.05) is 10.7 Å². The fourth-order valence-corrected chi connectivity index (χ4v) is 2.79. The van der Waals surface area contributed by atoms with E-state index in [1.807, 2.05) is 31.2 Å². The second-order valence-corrected chi connectivity index (χ2v) is 6.47. The first-order valence-electron chi connectivity index (χ1n) is 7.90. The molecule has 5 N–H and O–H groups in total. The third-order valence-corrected chi connectivity index (χ3v) is 4.30. The van der Waals surface area contributed by atoms with Crippen LogP contribution in [0.2, 0.25) is 10.0 Å². The molecule has 2 aromatic carbocycles. The standard InChI is InChI=1S/C18H16Cl2N6O/c1-10-4-2-3-5-14(10)24-16-15(21)17(23-9-22-16)25-26-18(27)12-7-6-11(19)8-13(12)20/h2-9H,21H2,1H3,(H,26,27)(H2,22,23,24,25). The number of anilines is 4. The molecule has 0 atom stereocenters. The highest BCUT2D eigenvalue weighted by Gasteiger charge is 2.13. The molecule has 27 heavy (non-hydrogen) atoms. The van der Waals surface area contributed by atoms with Crippen LogP contribution < -0.4 is 21.9 Å². The number of carbonyl (C=O) groups excluding carboxylic acids is 1. The van der Waals surface area contributed by atoms with Gasteiger partial charge in [-0.3, -0.25) is 15.6 Å². The van der Waals surface area contributed by atoms with Gasteiger partial charge in [-0.05, 0) is 36.8 Å². The summed E-state index contributed by atoms with van der Waals surface area (Å²) in [5.74, 6) is 0.211. The van der Waals surface area contributed by atoms with Gasteiger partial charge in [-0.25, -0.2) is 9.97 Å². The van der Waals surface area contributed by atoms with E-state index >= 15 is 0 Å². The molecule has 0 saturated carbocycles. The predicted molar refractivity (Wildman–Crippen MR) is 108 cm³/mol. The number of hydrogen-bond donors (Lipinski definition) is 4. The van der Waals surface area contributed by atoms with Crippen LogP contribution in [-0.2, 0) is 0 Å². The summed E-state index contributed by atoms with van der Waals surface area (Å²) in [4.78, 5) is 20.5. The molecule has 0 aliphatic rings. The normalized spacial score (nSPS) is 10.3. The van der Waals surface area contributed by atoms with Crippen molar-refractivity contribution in [3.05, 3.63) is 70.0 Å². The highest BCUT2D eigenvalue weighted by molar-refractivity contribution is 6.36. The SMILES string of the molecule is Cc1ccccc1Nc1ncnc(NNC(=O)c2ccc(Cl)cc2Cl)c1N. The van der Waals surface area contributed by atoms with E-state index in [9.17, 15) is 4.79 Å². The molecule has 0 radical (unpaired) electrons. The number of aryl methyl sites for hydroxylation is 1. The lowest BCUT2D eigenvalue weighted by Gasteiger charge is -2.14. The van der Waals surface area contributed by atoms with Crippen molar-refractivity contribution in [1.29, 1.82) is 0 Å². The molecule has 0 saturated heterocycles. The molecule has 1 heterocycles. The second-order valence-electron chi connectivity index (χ2n) is 5.63. The predicted octanol–water partition coefficient (Wildman–Crippen LogP) is 4.17. The summed E-state index contributed by atoms with van der Waals surface area (Å²) in [7, 11) is 0. The summed E-state index contributed by atoms with van der Waals surface area (Å²) in [6.07, 6.45) is 1.33. The van der Waals surface area contributed by atoms with Crippen LogP contribution in [0.5, 0.6) is 0 Å². The highest BCUT2D eigenvalue weighted by atomic mass is 35.5. The molecule has 1 aromatic heterocycles. The molecule has 0 spiro atoms. The van der Waals surface area contributed by atoms with Crippen LogP contribution in [0.4, 0.5) is 23.0 Å². The topological polar surface area (TPSA) is 105 Å². The van der Waals surface area contributed by atoms with Crippen LogP contribution in [0, 0.1) is 6.92 Å². The zero-order valence-electron chi connectivity index (χ0n) is 14.3. The number of carbonyl (C=O) groups is 1. The van der Waals surface area contributed by atoms with Crippen molar-refractivity contribution in [3.63, 3.8) is 0 Å². The summed E-state index contributed by atoms with van der Waals surface area (Å²) >= 11 is 11.9. The van der Waals surface area contributed by atoms with Crippen molar-refractivity contribution in [2.75, 3.05) is 16.5 Å². The smallest absolute Gasteiger partial charge is 0.271 e. The minimum atomic E-state index is -0.455. The van der Waals surface area contributed by atoms with Crippen LogP contribution in [0.15, 0.2) is 48.8 Å². The number of hydrazine groups is 1. The Morgan fingerprint density at radius 3 is 2.56 bits per heavy atom. The number of nitrogen functional groups attached to an aromatic ring is 1. The molecule has 1 amide bonds. The van der Waals surface area contributed by atoms with Crippen molar-refractivity contribution in [2.45, 2.75) is 6.92 Å². The first kappa shape index (κ1) is 18.8. The lowest BCUT2D eigenvalue weighted by molar-refractivity contribution is 0.0962. The number of nitrogens with two attached hydrogens (primary N) is 1. The number of nitrogens with one attached hydrogen (secondary N) is 3. The van der Waals surface area contributed by atoms with Gasteiger partial charge < -0.3 is 11.1 Å². The average molecular weight is 403 g/mol. The third kappa shape index (κ3) is 4.39. The summed E-state index contributed by atoms with van der Waals surface area (Å²) in [5.41, 5.74) is 13.7. The Morgan fingerprint density at radius 2 is 1.81 bits per heavy atom. The Morgan fingerprint density at radius 1 is 1.07 bits per heavy atom. The number of rotatable bonds is 5. The maximum absolute atomic E-state index is 12.3. The second kappa shape index (κ2) is 8.11. The van der Waals surface area contributed by atoms with Gasteiger partial charge in [-0.1, -0.05) is 41.4 Å². The van der Waals surface area contributed by atoms with Crippen LogP contribution in [0.25, 0.3) is 0 Å². The summed E-state index contributed by atoms with van der Waals surface area (Å²) in [6.45, 7) is 1.97. The van der Waals surface area contributed by atoms with Crippen LogP contribution in [0.3, 0.4) is 0 Å². The highest BCUT2D eigenvalue weighted by Crippen LogP contribution is 2.27. The molecular weight excluding hydrogens is 387 g/mol. The van der Waals surface area contributed by atoms with Crippen molar-refractivity contribution in [2.24, 2.45) is 0 Å². The van der Waals surface area contributed by atoms with Crippen molar-refractivity contribution in [1.82, 2.24) is 15.4 Å². The zero-order valence-corrected chi connectivity index (χ0v) is 15.8. The molecule has 0 bridgehead atoms. The van der Waals surface area contributed by atoms with E-state index < -0.39 is 5.91 Å². The third-order valence-electron chi connectivity index (χ3n) is 3.75. The van der Waals surface area contributed by atoms with E-state index in [4.69, 9.17) is 28.9 Å². The first-order valence-corrected chi connectivity index (χ1v) is 8.66. The van der Waals surface area contributed by atoms with Crippen molar-refractivity contribution in [3.8, 4) is 0 Å². The van der Waals surface area contributed by atoms with Crippen LogP contribution in [0.1, 0.15) is 15.9 Å². The summed E-state index contributed by atoms with van der Waals surface area (Å²) in [6, 6.07) is 12.3. The van der Waals surface area contributed by atoms with Gasteiger partial charge in [-0.15, -0.1) is 0 Å². The Kier molecular flexibility index (Phi) is 5.63. The Balaban J connectivity index is 1.74. The quantitative estimate of drug-likeness (QED) is 0.477. The summed E-state index contributed by atoms with van der Waals surface area (Å²) < 4.78 is 0. The van der Waals surface area contributed by atoms with E-state index in [1.165, 1.54) is 18.5 Å². The lowest BCUT2D eigenvalue weighted by Crippen LogP contribution is -2.30. The maximum atomic E-state index is 12.3. The van der Waals surface area contributed by atoms with Gasteiger partial charge in [0.1, 0.15) is 12.0 Å². The monoisotopic (exact) mass is 402 g/mol. The van der Waals surface area contributed by atoms with Gasteiger partial charge in [0.05, 0.1) is 10.6 Å². The van der Waals surface area contributed by atoms with E-state index in [0.29, 0.717) is 10.8 Å². The van der Waals surface area contributed by atoms with E-state index in [2.05, 4.69) is 26.1 Å². The Bertz CT molecular complexity index is 995. The van der Waals surface area contributed by atoms with Gasteiger partial charge in [0.15, 0.2) is 11.6 Å². The van der Waals surface area contributed by atoms with Gasteiger partial charge >= 0.3 is 0 Å². The summed E-state index contributed by atoms with van der Waals surface area (Å²) in [5, 5.41) is 3.83. The van der Waals surface area contributed by atoms with Gasteiger partial charge in [0.25, 0.3) is 5.91 Å². The minimum Gasteiger partial charge on any atom is -0.393 e. The average Bonchev–Trinajstić information content (AvgIpc) is 2.64. The van der Waals surface area contributed by atoms with Crippen molar-refractivity contribution < 1.29 is 4.79 Å². The van der Waals surface area contributed by atoms with E-state index in [1.54, 1.807) is 6.07 Å². The van der Waals surface area contributed by atoms with Crippen LogP contribution in [-0.4, -0.2) is 15.9 Å². The number of aromatic nitrogens is 2. The van der Waals surface area contributed by atoms with Gasteiger partial charge in [-0.2, -0.15) is 0 Å². The lowest BCUT2D eigenvalue weighted by atomic mass is 10.2. The number of amides is 1. The molecule has 0 aliphatic carbocycles. The molecule has 0 fully saturated rings. The number of nitrogens with zero attached hydrogens (tertiary/aromatic N) is 2. The number of para-hydroxylation sites is 1. The fourth-order valence-electron chi connectivity index (χ4n) is 2.29. The van der Waals surface area contributed by atoms with Crippen molar-refractivity contribution >= 4 is 52.1 Å². The van der Waals surface area contributed by atoms with E-state index in [0.717, 1.165) is 11.3 Å². The largest absolute Gasteiger partial charge is 0.393 e. The van der Waals surface area contributed by atoms with Gasteiger partial charge in [0.2, 0.25) is 0 Å². The first-order chi connectivity index (χ1) is 13.0. The molecule has 0 aliphatic heterocycles. The molecule has 7 nitrogen and oxygen atoms in total. The molecular formula is C18H16Cl2N6O. The number of hydrogen-bond acceptors (Lipinski definition) is 6. The zero-order chi connectivity index (χ0) is 19.4. The van der Waals surface area contributed by atoms with Crippen LogP contribution >= 0.6 is 23.2 Å². The molecule has 3 aromatic rings.